The number of carbonyl (C=O) groups excluding carboxylic acids is 2. The number of carbonyl (C=O) groups is 2. The van der Waals surface area contributed by atoms with Crippen molar-refractivity contribution in [3.63, 3.8) is 0 Å². The molecule has 2 aromatic rings. The molecule has 0 aliphatic rings. The molecule has 0 fully saturated rings. The Morgan fingerprint density at radius 3 is 2.33 bits per heavy atom. The Kier molecular flexibility index (Phi) is 6.08. The molecule has 0 aromatic heterocycles. The third kappa shape index (κ3) is 5.24. The number of hydrogen-bond donors (Lipinski definition) is 2. The molecule has 2 N–H and O–H groups in total. The molecule has 0 atom stereocenters. The topological polar surface area (TPSA) is 79.8 Å². The predicted octanol–water partition coefficient (Wildman–Crippen LogP) is 1.77. The van der Waals surface area contributed by atoms with Gasteiger partial charge in [0.1, 0.15) is 5.75 Å². The van der Waals surface area contributed by atoms with E-state index < -0.39 is 11.8 Å². The highest BCUT2D eigenvalue weighted by Gasteiger charge is 2.11. The smallest absolute Gasteiger partial charge is 0.329 e. The van der Waals surface area contributed by atoms with Crippen LogP contribution < -0.4 is 15.5 Å². The van der Waals surface area contributed by atoms with E-state index >= 15 is 0 Å². The van der Waals surface area contributed by atoms with Crippen molar-refractivity contribution in [3.8, 4) is 5.75 Å². The zero-order valence-corrected chi connectivity index (χ0v) is 13.6. The number of benzene rings is 2. The Labute approximate surface area is 140 Å². The van der Waals surface area contributed by atoms with E-state index in [1.165, 1.54) is 6.21 Å². The highest BCUT2D eigenvalue weighted by molar-refractivity contribution is 6.35. The van der Waals surface area contributed by atoms with E-state index in [4.69, 9.17) is 4.74 Å². The van der Waals surface area contributed by atoms with Crippen LogP contribution in [0.5, 0.6) is 5.75 Å². The number of amides is 2. The zero-order valence-electron chi connectivity index (χ0n) is 13.6. The van der Waals surface area contributed by atoms with Crippen molar-refractivity contribution < 1.29 is 14.3 Å². The van der Waals surface area contributed by atoms with Crippen LogP contribution in [0.2, 0.25) is 0 Å². The second-order valence-electron chi connectivity index (χ2n) is 5.14. The Hall–Kier alpha value is -3.15. The first-order valence-corrected chi connectivity index (χ1v) is 7.39. The average Bonchev–Trinajstić information content (AvgIpc) is 2.61. The third-order valence-corrected chi connectivity index (χ3v) is 3.28. The predicted molar refractivity (Wildman–Crippen MR) is 91.8 cm³/mol. The van der Waals surface area contributed by atoms with Crippen LogP contribution in [-0.2, 0) is 16.1 Å². The molecular weight excluding hydrogens is 306 g/mol. The minimum absolute atomic E-state index is 0.248. The summed E-state index contributed by atoms with van der Waals surface area (Å²) in [5, 5.41) is 6.29. The van der Waals surface area contributed by atoms with Gasteiger partial charge in [0.15, 0.2) is 0 Å². The Morgan fingerprint density at radius 2 is 1.71 bits per heavy atom. The number of hydrazone groups is 1. The largest absolute Gasteiger partial charge is 0.497 e. The van der Waals surface area contributed by atoms with Crippen LogP contribution in [0.25, 0.3) is 0 Å². The van der Waals surface area contributed by atoms with Crippen LogP contribution in [0, 0.1) is 6.92 Å². The molecule has 0 saturated carbocycles. The Morgan fingerprint density at radius 1 is 1.04 bits per heavy atom. The summed E-state index contributed by atoms with van der Waals surface area (Å²) >= 11 is 0. The number of nitrogens with one attached hydrogen (secondary N) is 2. The van der Waals surface area contributed by atoms with E-state index in [9.17, 15) is 9.59 Å². The van der Waals surface area contributed by atoms with Crippen LogP contribution in [-0.4, -0.2) is 25.1 Å². The first kappa shape index (κ1) is 17.2. The van der Waals surface area contributed by atoms with Gasteiger partial charge in [0, 0.05) is 6.54 Å². The summed E-state index contributed by atoms with van der Waals surface area (Å²) in [5.74, 6) is -0.827. The molecule has 0 aliphatic heterocycles. The van der Waals surface area contributed by atoms with E-state index in [0.29, 0.717) is 0 Å². The Bertz CT molecular complexity index is 722. The van der Waals surface area contributed by atoms with Crippen molar-refractivity contribution in [3.05, 3.63) is 65.2 Å². The lowest BCUT2D eigenvalue weighted by Gasteiger charge is -2.05. The number of rotatable bonds is 5. The van der Waals surface area contributed by atoms with Gasteiger partial charge in [-0.15, -0.1) is 0 Å². The minimum atomic E-state index is -0.813. The quantitative estimate of drug-likeness (QED) is 0.499. The summed E-state index contributed by atoms with van der Waals surface area (Å²) in [7, 11) is 1.58. The summed E-state index contributed by atoms with van der Waals surface area (Å²) in [6.45, 7) is 2.23. The molecule has 0 aliphatic carbocycles. The summed E-state index contributed by atoms with van der Waals surface area (Å²) in [6, 6.07) is 14.8. The number of methoxy groups -OCH3 is 1. The van der Waals surface area contributed by atoms with E-state index in [1.54, 1.807) is 19.2 Å². The van der Waals surface area contributed by atoms with E-state index in [1.807, 2.05) is 43.3 Å². The molecule has 2 rings (SSSR count). The highest BCUT2D eigenvalue weighted by atomic mass is 16.5. The monoisotopic (exact) mass is 325 g/mol. The fourth-order valence-electron chi connectivity index (χ4n) is 1.87. The second kappa shape index (κ2) is 8.47. The van der Waals surface area contributed by atoms with Gasteiger partial charge in [-0.2, -0.15) is 5.10 Å². The van der Waals surface area contributed by atoms with Crippen molar-refractivity contribution >= 4 is 18.0 Å². The maximum atomic E-state index is 11.7. The lowest BCUT2D eigenvalue weighted by molar-refractivity contribution is -0.139. The van der Waals surface area contributed by atoms with Crippen LogP contribution >= 0.6 is 0 Å². The third-order valence-electron chi connectivity index (χ3n) is 3.28. The number of nitrogens with zero attached hydrogens (tertiary/aromatic N) is 1. The van der Waals surface area contributed by atoms with Crippen LogP contribution in [0.15, 0.2) is 53.6 Å². The molecule has 0 bridgehead atoms. The van der Waals surface area contributed by atoms with Crippen molar-refractivity contribution in [2.45, 2.75) is 13.5 Å². The van der Waals surface area contributed by atoms with Gasteiger partial charge in [-0.1, -0.05) is 42.0 Å². The number of ether oxygens (including phenoxy) is 1. The van der Waals surface area contributed by atoms with E-state index in [2.05, 4.69) is 15.8 Å². The van der Waals surface area contributed by atoms with Gasteiger partial charge >= 0.3 is 11.8 Å². The van der Waals surface area contributed by atoms with Gasteiger partial charge in [0.25, 0.3) is 0 Å². The summed E-state index contributed by atoms with van der Waals surface area (Å²) in [6.07, 6.45) is 1.48. The van der Waals surface area contributed by atoms with Gasteiger partial charge in [0.2, 0.25) is 0 Å². The maximum Gasteiger partial charge on any atom is 0.329 e. The lowest BCUT2D eigenvalue weighted by atomic mass is 10.2. The first-order valence-electron chi connectivity index (χ1n) is 7.39. The molecule has 0 saturated heterocycles. The molecule has 124 valence electrons. The summed E-state index contributed by atoms with van der Waals surface area (Å²) < 4.78 is 5.05. The second-order valence-corrected chi connectivity index (χ2v) is 5.14. The molecular formula is C18H19N3O3. The summed E-state index contributed by atoms with van der Waals surface area (Å²) in [5.41, 5.74) is 5.03. The highest BCUT2D eigenvalue weighted by Crippen LogP contribution is 2.10. The molecule has 0 unspecified atom stereocenters. The first-order chi connectivity index (χ1) is 11.6. The molecule has 0 heterocycles. The maximum absolute atomic E-state index is 11.7. The van der Waals surface area contributed by atoms with Crippen molar-refractivity contribution in [2.24, 2.45) is 5.10 Å². The van der Waals surface area contributed by atoms with Gasteiger partial charge in [-0.3, -0.25) is 9.59 Å². The molecule has 6 nitrogen and oxygen atoms in total. The Balaban J connectivity index is 1.79. The van der Waals surface area contributed by atoms with Crippen LogP contribution in [0.3, 0.4) is 0 Å². The molecule has 0 radical (unpaired) electrons. The van der Waals surface area contributed by atoms with Gasteiger partial charge < -0.3 is 10.1 Å². The average molecular weight is 325 g/mol. The van der Waals surface area contributed by atoms with E-state index in [0.717, 1.165) is 22.4 Å². The van der Waals surface area contributed by atoms with Crippen molar-refractivity contribution in [2.75, 3.05) is 7.11 Å². The van der Waals surface area contributed by atoms with Crippen LogP contribution in [0.1, 0.15) is 16.7 Å². The molecule has 24 heavy (non-hydrogen) atoms. The number of aryl methyl sites for hydroxylation is 1. The fraction of sp³-hybridized carbons (Fsp3) is 0.167. The lowest BCUT2D eigenvalue weighted by Crippen LogP contribution is -2.37. The zero-order chi connectivity index (χ0) is 17.4. The standard InChI is InChI=1S/C18H19N3O3/c1-13-3-5-15(6-4-13)12-20-21-18(23)17(22)19-11-14-7-9-16(24-2)10-8-14/h3-10,12H,11H2,1-2H3,(H,19,22)(H,21,23). The van der Waals surface area contributed by atoms with Gasteiger partial charge in [-0.25, -0.2) is 5.43 Å². The fourth-order valence-corrected chi connectivity index (χ4v) is 1.87. The SMILES string of the molecule is COc1ccc(CNC(=O)C(=O)NN=Cc2ccc(C)cc2)cc1. The molecule has 0 spiro atoms. The summed E-state index contributed by atoms with van der Waals surface area (Å²) in [4.78, 5) is 23.4. The van der Waals surface area contributed by atoms with Crippen molar-refractivity contribution in [1.82, 2.24) is 10.7 Å². The molecule has 2 amide bonds. The normalized spacial score (nSPS) is 10.4. The van der Waals surface area contributed by atoms with Crippen molar-refractivity contribution in [1.29, 1.82) is 0 Å². The number of hydrogen-bond acceptors (Lipinski definition) is 4. The molecule has 2 aromatic carbocycles. The van der Waals surface area contributed by atoms with Gasteiger partial charge in [-0.05, 0) is 30.2 Å². The van der Waals surface area contributed by atoms with Crippen LogP contribution in [0.4, 0.5) is 0 Å². The molecule has 6 heteroatoms. The van der Waals surface area contributed by atoms with E-state index in [-0.39, 0.29) is 6.54 Å². The van der Waals surface area contributed by atoms with Gasteiger partial charge in [0.05, 0.1) is 13.3 Å². The minimum Gasteiger partial charge on any atom is -0.497 e.